The number of carboxylic acids is 1. The topological polar surface area (TPSA) is 78.0 Å². The van der Waals surface area contributed by atoms with Crippen LogP contribution in [0.3, 0.4) is 0 Å². The lowest BCUT2D eigenvalue weighted by Gasteiger charge is -2.14. The lowest BCUT2D eigenvalue weighted by Crippen LogP contribution is -2.43. The molecule has 0 amide bonds. The second kappa shape index (κ2) is 4.97. The number of imidazole rings is 1. The molecule has 0 bridgehead atoms. The molecule has 8 heteroatoms. The first-order chi connectivity index (χ1) is 7.38. The summed E-state index contributed by atoms with van der Waals surface area (Å²) in [6.07, 6.45) is -1.77. The van der Waals surface area contributed by atoms with Crippen LogP contribution in [-0.2, 0) is 11.2 Å². The molecule has 1 atom stereocenters. The van der Waals surface area contributed by atoms with Gasteiger partial charge >= 0.3 is 12.1 Å². The van der Waals surface area contributed by atoms with Crippen LogP contribution in [0.4, 0.5) is 13.2 Å². The van der Waals surface area contributed by atoms with Crippen molar-refractivity contribution < 1.29 is 23.1 Å². The third kappa shape index (κ3) is 4.30. The molecule has 0 saturated heterocycles. The van der Waals surface area contributed by atoms with Crippen molar-refractivity contribution in [3.63, 3.8) is 0 Å². The highest BCUT2D eigenvalue weighted by Gasteiger charge is 2.30. The van der Waals surface area contributed by atoms with Crippen molar-refractivity contribution in [2.24, 2.45) is 0 Å². The zero-order valence-corrected chi connectivity index (χ0v) is 8.08. The monoisotopic (exact) mass is 237 g/mol. The van der Waals surface area contributed by atoms with Gasteiger partial charge in [-0.1, -0.05) is 0 Å². The van der Waals surface area contributed by atoms with Gasteiger partial charge in [0.15, 0.2) is 0 Å². The van der Waals surface area contributed by atoms with Crippen molar-refractivity contribution in [3.05, 3.63) is 18.2 Å². The van der Waals surface area contributed by atoms with Crippen molar-refractivity contribution >= 4 is 5.97 Å². The number of nitrogens with one attached hydrogen (secondary N) is 2. The molecule has 0 aliphatic heterocycles. The Morgan fingerprint density at radius 2 is 2.31 bits per heavy atom. The molecular weight excluding hydrogens is 227 g/mol. The number of H-pyrrole nitrogens is 1. The van der Waals surface area contributed by atoms with Crippen molar-refractivity contribution in [2.75, 3.05) is 6.54 Å². The standard InChI is InChI=1S/C8H10F3N3O2/c9-8(10,11)3-13-6(7(15)16)1-5-2-12-4-14-5/h2,4,6,13H,1,3H2,(H,12,14)(H,15,16). The number of nitrogens with zero attached hydrogens (tertiary/aromatic N) is 1. The second-order valence-electron chi connectivity index (χ2n) is 3.15. The lowest BCUT2D eigenvalue weighted by molar-refractivity contribution is -0.143. The van der Waals surface area contributed by atoms with Gasteiger partial charge < -0.3 is 10.1 Å². The molecule has 16 heavy (non-hydrogen) atoms. The zero-order chi connectivity index (χ0) is 12.2. The van der Waals surface area contributed by atoms with E-state index in [1.54, 1.807) is 0 Å². The summed E-state index contributed by atoms with van der Waals surface area (Å²) in [6, 6.07) is -1.30. The van der Waals surface area contributed by atoms with Crippen molar-refractivity contribution in [1.82, 2.24) is 15.3 Å². The van der Waals surface area contributed by atoms with Crippen molar-refractivity contribution in [2.45, 2.75) is 18.6 Å². The fourth-order valence-corrected chi connectivity index (χ4v) is 1.10. The van der Waals surface area contributed by atoms with E-state index >= 15 is 0 Å². The summed E-state index contributed by atoms with van der Waals surface area (Å²) in [5.74, 6) is -1.34. The molecule has 90 valence electrons. The fourth-order valence-electron chi connectivity index (χ4n) is 1.10. The minimum Gasteiger partial charge on any atom is -0.480 e. The van der Waals surface area contributed by atoms with E-state index in [-0.39, 0.29) is 6.42 Å². The van der Waals surface area contributed by atoms with Gasteiger partial charge in [-0.2, -0.15) is 13.2 Å². The second-order valence-corrected chi connectivity index (χ2v) is 3.15. The molecule has 0 aromatic carbocycles. The fraction of sp³-hybridized carbons (Fsp3) is 0.500. The van der Waals surface area contributed by atoms with Crippen LogP contribution in [0.25, 0.3) is 0 Å². The van der Waals surface area contributed by atoms with E-state index in [0.717, 1.165) is 0 Å². The van der Waals surface area contributed by atoms with Crippen LogP contribution in [0.1, 0.15) is 5.69 Å². The summed E-state index contributed by atoms with van der Waals surface area (Å²) in [6.45, 7) is -1.34. The number of aliphatic carboxylic acids is 1. The Hall–Kier alpha value is -1.57. The number of aromatic nitrogens is 2. The largest absolute Gasteiger partial charge is 0.480 e. The Balaban J connectivity index is 2.52. The number of carbonyl (C=O) groups is 1. The van der Waals surface area contributed by atoms with Gasteiger partial charge in [0.25, 0.3) is 0 Å². The molecule has 1 rings (SSSR count). The van der Waals surface area contributed by atoms with Crippen molar-refractivity contribution in [1.29, 1.82) is 0 Å². The van der Waals surface area contributed by atoms with E-state index in [1.807, 2.05) is 5.32 Å². The number of alkyl halides is 3. The number of hydrogen-bond acceptors (Lipinski definition) is 3. The van der Waals surface area contributed by atoms with E-state index in [4.69, 9.17) is 5.11 Å². The maximum Gasteiger partial charge on any atom is 0.401 e. The molecule has 1 unspecified atom stereocenters. The summed E-state index contributed by atoms with van der Waals surface area (Å²) < 4.78 is 35.6. The molecule has 1 aromatic heterocycles. The molecule has 0 aliphatic rings. The smallest absolute Gasteiger partial charge is 0.401 e. The number of aromatic amines is 1. The molecule has 0 spiro atoms. The van der Waals surface area contributed by atoms with Gasteiger partial charge in [0.2, 0.25) is 0 Å². The van der Waals surface area contributed by atoms with Gasteiger partial charge in [-0.25, -0.2) is 4.98 Å². The van der Waals surface area contributed by atoms with E-state index < -0.39 is 24.7 Å². The van der Waals surface area contributed by atoms with Crippen LogP contribution in [0.5, 0.6) is 0 Å². The van der Waals surface area contributed by atoms with Crippen LogP contribution in [0, 0.1) is 0 Å². The predicted molar refractivity (Wildman–Crippen MR) is 47.8 cm³/mol. The zero-order valence-electron chi connectivity index (χ0n) is 8.08. The SMILES string of the molecule is O=C(O)C(Cc1c[nH]cn1)NCC(F)(F)F. The van der Waals surface area contributed by atoms with Gasteiger partial charge in [-0.3, -0.25) is 10.1 Å². The number of halogens is 3. The highest BCUT2D eigenvalue weighted by molar-refractivity contribution is 5.73. The number of rotatable bonds is 5. The maximum atomic E-state index is 11.9. The van der Waals surface area contributed by atoms with Gasteiger partial charge in [-0.15, -0.1) is 0 Å². The van der Waals surface area contributed by atoms with Crippen LogP contribution < -0.4 is 5.32 Å². The summed E-state index contributed by atoms with van der Waals surface area (Å²) in [7, 11) is 0. The summed E-state index contributed by atoms with van der Waals surface area (Å²) in [5.41, 5.74) is 0.391. The summed E-state index contributed by atoms with van der Waals surface area (Å²) in [4.78, 5) is 17.0. The molecule has 3 N–H and O–H groups in total. The molecule has 0 aliphatic carbocycles. The molecule has 0 radical (unpaired) electrons. The third-order valence-electron chi connectivity index (χ3n) is 1.82. The van der Waals surface area contributed by atoms with Crippen LogP contribution in [-0.4, -0.2) is 39.8 Å². The normalized spacial score (nSPS) is 13.7. The Bertz CT molecular complexity index is 337. The summed E-state index contributed by atoms with van der Waals surface area (Å²) >= 11 is 0. The Labute approximate surface area is 88.7 Å². The first-order valence-electron chi connectivity index (χ1n) is 4.39. The van der Waals surface area contributed by atoms with Gasteiger partial charge in [0, 0.05) is 12.6 Å². The Morgan fingerprint density at radius 3 is 2.75 bits per heavy atom. The molecule has 5 nitrogen and oxygen atoms in total. The first-order valence-corrected chi connectivity index (χ1v) is 4.39. The average Bonchev–Trinajstić information content (AvgIpc) is 2.62. The van der Waals surface area contributed by atoms with Crippen LogP contribution in [0.15, 0.2) is 12.5 Å². The lowest BCUT2D eigenvalue weighted by atomic mass is 10.1. The molecule has 1 aromatic rings. The maximum absolute atomic E-state index is 11.9. The summed E-state index contributed by atoms with van der Waals surface area (Å²) in [5, 5.41) is 10.6. The van der Waals surface area contributed by atoms with Crippen LogP contribution in [0.2, 0.25) is 0 Å². The molecule has 1 heterocycles. The molecule has 0 saturated carbocycles. The highest BCUT2D eigenvalue weighted by Crippen LogP contribution is 2.13. The highest BCUT2D eigenvalue weighted by atomic mass is 19.4. The number of carboxylic acid groups (broad SMARTS) is 1. The third-order valence-corrected chi connectivity index (χ3v) is 1.82. The minimum atomic E-state index is -4.43. The van der Waals surface area contributed by atoms with Gasteiger partial charge in [0.1, 0.15) is 6.04 Å². The van der Waals surface area contributed by atoms with Crippen LogP contribution >= 0.6 is 0 Å². The first kappa shape index (κ1) is 12.5. The van der Waals surface area contributed by atoms with E-state index in [9.17, 15) is 18.0 Å². The van der Waals surface area contributed by atoms with E-state index in [2.05, 4.69) is 9.97 Å². The molecular formula is C8H10F3N3O2. The Morgan fingerprint density at radius 1 is 1.62 bits per heavy atom. The Kier molecular flexibility index (Phi) is 3.88. The minimum absolute atomic E-state index is 0.102. The predicted octanol–water partition coefficient (Wildman–Crippen LogP) is 0.557. The molecule has 0 fully saturated rings. The van der Waals surface area contributed by atoms with E-state index in [0.29, 0.717) is 5.69 Å². The van der Waals surface area contributed by atoms with Crippen molar-refractivity contribution in [3.8, 4) is 0 Å². The van der Waals surface area contributed by atoms with Gasteiger partial charge in [0.05, 0.1) is 18.6 Å². The van der Waals surface area contributed by atoms with Gasteiger partial charge in [-0.05, 0) is 0 Å². The number of hydrogen-bond donors (Lipinski definition) is 3. The van der Waals surface area contributed by atoms with E-state index in [1.165, 1.54) is 12.5 Å². The quantitative estimate of drug-likeness (QED) is 0.699. The average molecular weight is 237 g/mol.